The Labute approximate surface area is 345 Å². The molecule has 2 fully saturated rings. The zero-order chi connectivity index (χ0) is 41.0. The molecule has 1 atom stereocenters. The van der Waals surface area contributed by atoms with Crippen LogP contribution in [0, 0.1) is 11.8 Å². The smallest absolute Gasteiger partial charge is 0.255 e. The van der Waals surface area contributed by atoms with E-state index in [1.165, 1.54) is 0 Å². The maximum Gasteiger partial charge on any atom is 0.255 e. The number of ether oxygens (including phenoxy) is 1. The molecule has 13 heteroatoms. The van der Waals surface area contributed by atoms with Crippen LogP contribution in [0.4, 0.5) is 5.69 Å². The maximum atomic E-state index is 13.2. The van der Waals surface area contributed by atoms with Crippen LogP contribution in [0.25, 0.3) is 0 Å². The van der Waals surface area contributed by atoms with E-state index in [2.05, 4.69) is 57.2 Å². The standard InChI is InChI=1S/C45H50ClN6O5P/c1-50(22-9-5-6-11-30-13-10-14-35-36(30)29-52(45(35)55)39-18-19-43(53)49-44(39)54)33-20-23-51(24-21-33)34-17-16-31(40(27-34)57-2)26-42-47-28-37(46)38(48-42)25-32-12-7-8-15-41(32)58(3,4)56/h7-8,10,12-17,27-28,33,39H,5,9,18-26,29H2,1-4H3,(H,49,53,54). The van der Waals surface area contributed by atoms with Crippen molar-refractivity contribution < 1.29 is 23.7 Å². The van der Waals surface area contributed by atoms with E-state index in [0.29, 0.717) is 54.0 Å². The molecule has 7 rings (SSSR count). The van der Waals surface area contributed by atoms with Crippen molar-refractivity contribution in [2.45, 2.75) is 70.0 Å². The average Bonchev–Trinajstić information content (AvgIpc) is 3.55. The van der Waals surface area contributed by atoms with E-state index in [0.717, 1.165) is 84.3 Å². The highest BCUT2D eigenvalue weighted by Crippen LogP contribution is 2.37. The van der Waals surface area contributed by atoms with Crippen LogP contribution in [0.2, 0.25) is 5.02 Å². The van der Waals surface area contributed by atoms with Crippen LogP contribution >= 0.6 is 18.7 Å². The molecule has 1 N–H and O–H groups in total. The molecule has 11 nitrogen and oxygen atoms in total. The van der Waals surface area contributed by atoms with E-state index in [9.17, 15) is 18.9 Å². The number of carbonyl (C=O) groups excluding carboxylic acids is 3. The first kappa shape index (κ1) is 41.2. The number of hydrogen-bond acceptors (Lipinski definition) is 9. The van der Waals surface area contributed by atoms with Crippen LogP contribution in [0.1, 0.15) is 82.7 Å². The molecule has 0 spiro atoms. The summed E-state index contributed by atoms with van der Waals surface area (Å²) in [6.07, 6.45) is 6.96. The highest BCUT2D eigenvalue weighted by molar-refractivity contribution is 7.70. The second-order valence-corrected chi connectivity index (χ2v) is 19.3. The average molecular weight is 821 g/mol. The number of imide groups is 1. The molecule has 0 radical (unpaired) electrons. The number of halogens is 1. The number of nitrogens with one attached hydrogen (secondary N) is 1. The van der Waals surface area contributed by atoms with Gasteiger partial charge in [-0.05, 0) is 81.9 Å². The molecular formula is C45H50ClN6O5P. The number of amides is 3. The summed E-state index contributed by atoms with van der Waals surface area (Å²) in [4.78, 5) is 53.0. The molecule has 0 bridgehead atoms. The number of nitrogens with zero attached hydrogens (tertiary/aromatic N) is 5. The molecule has 302 valence electrons. The number of unbranched alkanes of at least 4 members (excludes halogenated alkanes) is 1. The van der Waals surface area contributed by atoms with E-state index in [1.807, 2.05) is 36.4 Å². The molecule has 3 amide bonds. The topological polar surface area (TPSA) is 125 Å². The number of aromatic nitrogens is 2. The van der Waals surface area contributed by atoms with Gasteiger partial charge in [-0.1, -0.05) is 59.8 Å². The second-order valence-electron chi connectivity index (χ2n) is 15.7. The van der Waals surface area contributed by atoms with E-state index < -0.39 is 19.1 Å². The Bertz CT molecular complexity index is 2330. The minimum atomic E-state index is -2.47. The Morgan fingerprint density at radius 3 is 2.55 bits per heavy atom. The minimum Gasteiger partial charge on any atom is -0.496 e. The van der Waals surface area contributed by atoms with Crippen LogP contribution in [0.15, 0.2) is 66.9 Å². The van der Waals surface area contributed by atoms with Crippen molar-refractivity contribution in [3.05, 3.63) is 111 Å². The molecule has 3 aliphatic heterocycles. The first-order valence-electron chi connectivity index (χ1n) is 19.9. The van der Waals surface area contributed by atoms with Gasteiger partial charge in [0.1, 0.15) is 24.8 Å². The van der Waals surface area contributed by atoms with Crippen molar-refractivity contribution in [2.24, 2.45) is 0 Å². The molecule has 2 saturated heterocycles. The summed E-state index contributed by atoms with van der Waals surface area (Å²) < 4.78 is 18.8. The molecule has 0 aliphatic carbocycles. The van der Waals surface area contributed by atoms with Crippen molar-refractivity contribution in [1.29, 1.82) is 0 Å². The van der Waals surface area contributed by atoms with Gasteiger partial charge < -0.3 is 24.0 Å². The highest BCUT2D eigenvalue weighted by atomic mass is 35.5. The summed E-state index contributed by atoms with van der Waals surface area (Å²) in [7, 11) is 1.41. The van der Waals surface area contributed by atoms with Gasteiger partial charge in [-0.25, -0.2) is 9.97 Å². The Balaban J connectivity index is 0.898. The van der Waals surface area contributed by atoms with E-state index in [4.69, 9.17) is 21.3 Å². The summed E-state index contributed by atoms with van der Waals surface area (Å²) in [5, 5.41) is 3.69. The summed E-state index contributed by atoms with van der Waals surface area (Å²) in [5.41, 5.74) is 6.04. The van der Waals surface area contributed by atoms with Gasteiger partial charge in [0.15, 0.2) is 0 Å². The lowest BCUT2D eigenvalue weighted by atomic mass is 10.0. The van der Waals surface area contributed by atoms with Gasteiger partial charge >= 0.3 is 0 Å². The number of anilines is 1. The van der Waals surface area contributed by atoms with Gasteiger partial charge in [0.2, 0.25) is 11.8 Å². The minimum absolute atomic E-state index is 0.183. The Morgan fingerprint density at radius 1 is 1.00 bits per heavy atom. The van der Waals surface area contributed by atoms with Crippen molar-refractivity contribution in [3.8, 4) is 17.6 Å². The SMILES string of the molecule is COc1cc(N2CCC(N(C)CCCC#Cc3cccc4c3CN(C3CCC(=O)NC3=O)C4=O)CC2)ccc1Cc1ncc(Cl)c(Cc2ccccc2P(C)(C)=O)n1. The lowest BCUT2D eigenvalue weighted by Gasteiger charge is -2.38. The second kappa shape index (κ2) is 17.9. The quantitative estimate of drug-likeness (QED) is 0.0786. The molecule has 1 aromatic heterocycles. The Hall–Kier alpha value is -5.01. The Morgan fingerprint density at radius 2 is 1.79 bits per heavy atom. The maximum absolute atomic E-state index is 13.2. The molecule has 1 unspecified atom stereocenters. The number of piperidine rings is 2. The number of fused-ring (bicyclic) bond motifs is 1. The summed E-state index contributed by atoms with van der Waals surface area (Å²) in [6.45, 7) is 6.71. The van der Waals surface area contributed by atoms with Gasteiger partial charge in [-0.3, -0.25) is 19.7 Å². The largest absolute Gasteiger partial charge is 0.496 e. The van der Waals surface area contributed by atoms with Crippen LogP contribution in [-0.4, -0.2) is 96.7 Å². The van der Waals surface area contributed by atoms with Crippen molar-refractivity contribution in [1.82, 2.24) is 25.1 Å². The molecular weight excluding hydrogens is 771 g/mol. The fourth-order valence-electron chi connectivity index (χ4n) is 8.29. The van der Waals surface area contributed by atoms with Crippen LogP contribution in [0.5, 0.6) is 5.75 Å². The zero-order valence-corrected chi connectivity index (χ0v) is 35.2. The first-order valence-corrected chi connectivity index (χ1v) is 22.9. The lowest BCUT2D eigenvalue weighted by molar-refractivity contribution is -0.136. The van der Waals surface area contributed by atoms with Crippen molar-refractivity contribution in [3.63, 3.8) is 0 Å². The number of carbonyl (C=O) groups is 3. The van der Waals surface area contributed by atoms with Crippen molar-refractivity contribution in [2.75, 3.05) is 52.0 Å². The highest BCUT2D eigenvalue weighted by Gasteiger charge is 2.39. The normalized spacial score (nSPS) is 17.3. The number of rotatable bonds is 12. The fourth-order valence-corrected chi connectivity index (χ4v) is 9.74. The molecule has 4 heterocycles. The lowest BCUT2D eigenvalue weighted by Crippen LogP contribution is -2.52. The third kappa shape index (κ3) is 9.31. The third-order valence-electron chi connectivity index (χ3n) is 11.5. The van der Waals surface area contributed by atoms with Gasteiger partial charge in [-0.2, -0.15) is 0 Å². The van der Waals surface area contributed by atoms with Gasteiger partial charge in [-0.15, -0.1) is 0 Å². The molecule has 3 aromatic carbocycles. The molecule has 58 heavy (non-hydrogen) atoms. The summed E-state index contributed by atoms with van der Waals surface area (Å²) in [6, 6.07) is 19.5. The van der Waals surface area contributed by atoms with Crippen LogP contribution in [0.3, 0.4) is 0 Å². The van der Waals surface area contributed by atoms with E-state index >= 15 is 0 Å². The Kier molecular flexibility index (Phi) is 12.7. The zero-order valence-electron chi connectivity index (χ0n) is 33.6. The predicted octanol–water partition coefficient (Wildman–Crippen LogP) is 6.06. The monoisotopic (exact) mass is 820 g/mol. The molecule has 0 saturated carbocycles. The number of benzene rings is 3. The van der Waals surface area contributed by atoms with Gasteiger partial charge in [0.25, 0.3) is 5.91 Å². The molecule has 3 aliphatic rings. The van der Waals surface area contributed by atoms with Crippen molar-refractivity contribution >= 4 is 47.5 Å². The summed E-state index contributed by atoms with van der Waals surface area (Å²) >= 11 is 6.56. The number of methoxy groups -OCH3 is 1. The van der Waals surface area contributed by atoms with E-state index in [-0.39, 0.29) is 18.2 Å². The third-order valence-corrected chi connectivity index (χ3v) is 13.4. The predicted molar refractivity (Wildman–Crippen MR) is 228 cm³/mol. The fraction of sp³-hybridized carbons (Fsp3) is 0.400. The van der Waals surface area contributed by atoms with Gasteiger partial charge in [0.05, 0.1) is 17.8 Å². The van der Waals surface area contributed by atoms with Gasteiger partial charge in [0, 0.05) is 91.3 Å². The van der Waals surface area contributed by atoms with E-state index in [1.54, 1.807) is 37.6 Å². The van der Waals surface area contributed by atoms with Crippen LogP contribution < -0.4 is 20.3 Å². The summed E-state index contributed by atoms with van der Waals surface area (Å²) in [5.74, 6) is 7.16. The molecule has 4 aromatic rings. The first-order chi connectivity index (χ1) is 27.9. The number of hydrogen-bond donors (Lipinski definition) is 1. The van der Waals surface area contributed by atoms with Crippen LogP contribution in [-0.2, 0) is 33.5 Å².